The predicted octanol–water partition coefficient (Wildman–Crippen LogP) is 1.05. The first-order valence-corrected chi connectivity index (χ1v) is 6.35. The lowest BCUT2D eigenvalue weighted by atomic mass is 10.4. The van der Waals surface area contributed by atoms with Crippen LogP contribution in [0.5, 0.6) is 0 Å². The van der Waals surface area contributed by atoms with Gasteiger partial charge in [0.1, 0.15) is 0 Å². The summed E-state index contributed by atoms with van der Waals surface area (Å²) in [5.74, 6) is 0. The van der Waals surface area contributed by atoms with Crippen molar-refractivity contribution in [2.24, 2.45) is 0 Å². The van der Waals surface area contributed by atoms with E-state index in [1.807, 2.05) is 21.8 Å². The number of aryl methyl sites for hydroxylation is 2. The minimum absolute atomic E-state index is 0.768. The van der Waals surface area contributed by atoms with E-state index in [9.17, 15) is 0 Å². The molecule has 92 valence electrons. The van der Waals surface area contributed by atoms with E-state index in [-0.39, 0.29) is 0 Å². The second-order valence-corrected chi connectivity index (χ2v) is 4.59. The molecule has 0 radical (unpaired) electrons. The number of halogens is 1. The van der Waals surface area contributed by atoms with Crippen molar-refractivity contribution in [1.82, 2.24) is 30.1 Å². The van der Waals surface area contributed by atoms with Crippen LogP contribution in [0.2, 0.25) is 0 Å². The van der Waals surface area contributed by atoms with Crippen molar-refractivity contribution in [1.29, 1.82) is 0 Å². The van der Waals surface area contributed by atoms with Gasteiger partial charge in [0, 0.05) is 18.9 Å². The summed E-state index contributed by atoms with van der Waals surface area (Å²) < 4.78 is 4.70. The fraction of sp³-hybridized carbons (Fsp3) is 0.500. The standard InChI is InChI=1S/C10H15BrN6/c1-2-12-6-10-8-17(15-14-10)4-3-16-7-9(11)5-13-16/h5,7-8,12H,2-4,6H2,1H3. The average Bonchev–Trinajstić information content (AvgIpc) is 2.93. The Bertz CT molecular complexity index is 463. The van der Waals surface area contributed by atoms with Crippen molar-refractivity contribution in [3.63, 3.8) is 0 Å². The maximum absolute atomic E-state index is 4.18. The molecule has 0 amide bonds. The molecule has 2 rings (SSSR count). The van der Waals surface area contributed by atoms with Crippen LogP contribution in [0.15, 0.2) is 23.1 Å². The highest BCUT2D eigenvalue weighted by Gasteiger charge is 2.00. The van der Waals surface area contributed by atoms with Gasteiger partial charge in [0.15, 0.2) is 0 Å². The summed E-state index contributed by atoms with van der Waals surface area (Å²) in [4.78, 5) is 0. The zero-order valence-electron chi connectivity index (χ0n) is 9.67. The maximum Gasteiger partial charge on any atom is 0.0964 e. The lowest BCUT2D eigenvalue weighted by Gasteiger charge is -2.00. The third-order valence-corrected chi connectivity index (χ3v) is 2.71. The minimum atomic E-state index is 0.768. The number of rotatable bonds is 6. The molecule has 2 heterocycles. The summed E-state index contributed by atoms with van der Waals surface area (Å²) in [6.45, 7) is 5.33. The molecule has 0 saturated heterocycles. The lowest BCUT2D eigenvalue weighted by molar-refractivity contribution is 0.489. The zero-order chi connectivity index (χ0) is 12.1. The van der Waals surface area contributed by atoms with Gasteiger partial charge in [0.2, 0.25) is 0 Å². The molecule has 2 aromatic heterocycles. The van der Waals surface area contributed by atoms with Gasteiger partial charge >= 0.3 is 0 Å². The Morgan fingerprint density at radius 1 is 1.29 bits per heavy atom. The SMILES string of the molecule is CCNCc1cn(CCn2cc(Br)cn2)nn1. The van der Waals surface area contributed by atoms with Gasteiger partial charge in [-0.3, -0.25) is 9.36 Å². The molecular weight excluding hydrogens is 284 g/mol. The van der Waals surface area contributed by atoms with Crippen LogP contribution in [-0.4, -0.2) is 31.3 Å². The summed E-state index contributed by atoms with van der Waals surface area (Å²) in [6, 6.07) is 0. The molecule has 0 atom stereocenters. The van der Waals surface area contributed by atoms with E-state index < -0.39 is 0 Å². The second-order valence-electron chi connectivity index (χ2n) is 3.67. The van der Waals surface area contributed by atoms with Crippen molar-refractivity contribution in [2.75, 3.05) is 6.54 Å². The van der Waals surface area contributed by atoms with E-state index in [0.29, 0.717) is 0 Å². The number of hydrogen-bond donors (Lipinski definition) is 1. The fourth-order valence-corrected chi connectivity index (χ4v) is 1.78. The maximum atomic E-state index is 4.18. The van der Waals surface area contributed by atoms with Crippen LogP contribution in [0.3, 0.4) is 0 Å². The molecule has 0 saturated carbocycles. The Balaban J connectivity index is 1.84. The molecule has 7 heteroatoms. The molecule has 0 aliphatic carbocycles. The molecule has 0 aliphatic rings. The van der Waals surface area contributed by atoms with E-state index >= 15 is 0 Å². The van der Waals surface area contributed by atoms with Gasteiger partial charge in [-0.2, -0.15) is 5.10 Å². The molecule has 0 spiro atoms. The van der Waals surface area contributed by atoms with Gasteiger partial charge in [-0.15, -0.1) is 5.10 Å². The highest BCUT2D eigenvalue weighted by atomic mass is 79.9. The molecule has 0 fully saturated rings. The Labute approximate surface area is 108 Å². The largest absolute Gasteiger partial charge is 0.311 e. The normalized spacial score (nSPS) is 10.9. The first-order valence-electron chi connectivity index (χ1n) is 5.55. The number of nitrogens with one attached hydrogen (secondary N) is 1. The summed E-state index contributed by atoms with van der Waals surface area (Å²) in [6.07, 6.45) is 5.68. The van der Waals surface area contributed by atoms with Crippen LogP contribution in [0.4, 0.5) is 0 Å². The van der Waals surface area contributed by atoms with Gasteiger partial charge in [0.05, 0.1) is 29.5 Å². The van der Waals surface area contributed by atoms with Crippen LogP contribution in [0, 0.1) is 0 Å². The third kappa shape index (κ3) is 3.64. The van der Waals surface area contributed by atoms with E-state index in [2.05, 4.69) is 43.6 Å². The van der Waals surface area contributed by atoms with Crippen LogP contribution in [0.1, 0.15) is 12.6 Å². The van der Waals surface area contributed by atoms with Crippen LogP contribution in [0.25, 0.3) is 0 Å². The van der Waals surface area contributed by atoms with Crippen molar-refractivity contribution in [3.05, 3.63) is 28.8 Å². The molecule has 2 aromatic rings. The van der Waals surface area contributed by atoms with Crippen LogP contribution < -0.4 is 5.32 Å². The first kappa shape index (κ1) is 12.3. The zero-order valence-corrected chi connectivity index (χ0v) is 11.3. The van der Waals surface area contributed by atoms with E-state index in [0.717, 1.165) is 36.3 Å². The monoisotopic (exact) mass is 298 g/mol. The highest BCUT2D eigenvalue weighted by molar-refractivity contribution is 9.10. The van der Waals surface area contributed by atoms with E-state index in [1.165, 1.54) is 0 Å². The second kappa shape index (κ2) is 5.92. The third-order valence-electron chi connectivity index (χ3n) is 2.30. The van der Waals surface area contributed by atoms with Gasteiger partial charge in [0.25, 0.3) is 0 Å². The van der Waals surface area contributed by atoms with Gasteiger partial charge in [-0.1, -0.05) is 12.1 Å². The lowest BCUT2D eigenvalue weighted by Crippen LogP contribution is -2.12. The molecule has 0 bridgehead atoms. The Morgan fingerprint density at radius 2 is 2.12 bits per heavy atom. The summed E-state index contributed by atoms with van der Waals surface area (Å²) in [7, 11) is 0. The molecule has 0 unspecified atom stereocenters. The summed E-state index contributed by atoms with van der Waals surface area (Å²) in [5.41, 5.74) is 0.966. The van der Waals surface area contributed by atoms with Crippen LogP contribution >= 0.6 is 15.9 Å². The molecule has 0 aromatic carbocycles. The van der Waals surface area contributed by atoms with Crippen molar-refractivity contribution >= 4 is 15.9 Å². The fourth-order valence-electron chi connectivity index (χ4n) is 1.45. The van der Waals surface area contributed by atoms with Gasteiger partial charge in [-0.25, -0.2) is 0 Å². The average molecular weight is 299 g/mol. The topological polar surface area (TPSA) is 60.6 Å². The van der Waals surface area contributed by atoms with Gasteiger partial charge < -0.3 is 5.32 Å². The highest BCUT2D eigenvalue weighted by Crippen LogP contribution is 2.06. The number of aromatic nitrogens is 5. The molecular formula is C10H15BrN6. The van der Waals surface area contributed by atoms with Crippen LogP contribution in [-0.2, 0) is 19.6 Å². The van der Waals surface area contributed by atoms with Gasteiger partial charge in [-0.05, 0) is 22.5 Å². The summed E-state index contributed by atoms with van der Waals surface area (Å²) >= 11 is 3.36. The quantitative estimate of drug-likeness (QED) is 0.866. The van der Waals surface area contributed by atoms with Crippen molar-refractivity contribution < 1.29 is 0 Å². The molecule has 17 heavy (non-hydrogen) atoms. The Morgan fingerprint density at radius 3 is 2.82 bits per heavy atom. The summed E-state index contributed by atoms with van der Waals surface area (Å²) in [5, 5.41) is 15.5. The smallest absolute Gasteiger partial charge is 0.0964 e. The first-order chi connectivity index (χ1) is 8.28. The predicted molar refractivity (Wildman–Crippen MR) is 67.3 cm³/mol. The minimum Gasteiger partial charge on any atom is -0.311 e. The van der Waals surface area contributed by atoms with E-state index in [4.69, 9.17) is 0 Å². The molecule has 6 nitrogen and oxygen atoms in total. The number of hydrogen-bond acceptors (Lipinski definition) is 4. The van der Waals surface area contributed by atoms with Crippen molar-refractivity contribution in [3.8, 4) is 0 Å². The van der Waals surface area contributed by atoms with E-state index in [1.54, 1.807) is 6.20 Å². The Kier molecular flexibility index (Phi) is 4.27. The molecule has 0 aliphatic heterocycles. The number of nitrogens with zero attached hydrogens (tertiary/aromatic N) is 5. The Hall–Kier alpha value is -1.21. The van der Waals surface area contributed by atoms with Crippen molar-refractivity contribution in [2.45, 2.75) is 26.6 Å². The molecule has 1 N–H and O–H groups in total.